The number of para-hydroxylation sites is 2. The molecular formula is C38H27N2+. The fourth-order valence-electron chi connectivity index (χ4n) is 7.29. The van der Waals surface area contributed by atoms with Gasteiger partial charge in [0.25, 0.3) is 5.82 Å². The van der Waals surface area contributed by atoms with Crippen LogP contribution in [0.3, 0.4) is 0 Å². The molecule has 2 nitrogen and oxygen atoms in total. The summed E-state index contributed by atoms with van der Waals surface area (Å²) in [7, 11) is 0. The molecule has 1 unspecified atom stereocenters. The second-order valence-corrected chi connectivity index (χ2v) is 11.1. The van der Waals surface area contributed by atoms with Crippen molar-refractivity contribution in [3.8, 4) is 22.3 Å². The van der Waals surface area contributed by atoms with Crippen LogP contribution in [0.1, 0.15) is 18.3 Å². The van der Waals surface area contributed by atoms with Gasteiger partial charge in [0.05, 0.1) is 0 Å². The maximum Gasteiger partial charge on any atom is 0.260 e. The molecule has 40 heavy (non-hydrogen) atoms. The van der Waals surface area contributed by atoms with Gasteiger partial charge in [0.15, 0.2) is 11.0 Å². The van der Waals surface area contributed by atoms with Crippen LogP contribution in [0.4, 0.5) is 0 Å². The van der Waals surface area contributed by atoms with E-state index in [0.717, 1.165) is 6.42 Å². The van der Waals surface area contributed by atoms with Gasteiger partial charge in [-0.25, -0.2) is 4.98 Å². The second kappa shape index (κ2) is 8.03. The fourth-order valence-corrected chi connectivity index (χ4v) is 7.29. The Labute approximate surface area is 233 Å². The Morgan fingerprint density at radius 3 is 2.48 bits per heavy atom. The van der Waals surface area contributed by atoms with E-state index in [1.807, 2.05) is 0 Å². The maximum absolute atomic E-state index is 3.63. The lowest BCUT2D eigenvalue weighted by Gasteiger charge is -2.32. The van der Waals surface area contributed by atoms with Crippen molar-refractivity contribution >= 4 is 33.1 Å². The molecule has 1 atom stereocenters. The minimum Gasteiger partial charge on any atom is -0.240 e. The van der Waals surface area contributed by atoms with E-state index >= 15 is 0 Å². The van der Waals surface area contributed by atoms with E-state index in [9.17, 15) is 0 Å². The van der Waals surface area contributed by atoms with Gasteiger partial charge in [0.1, 0.15) is 5.70 Å². The van der Waals surface area contributed by atoms with E-state index in [1.165, 1.54) is 83.4 Å². The predicted molar refractivity (Wildman–Crippen MR) is 165 cm³/mol. The van der Waals surface area contributed by atoms with Crippen molar-refractivity contribution in [3.63, 3.8) is 0 Å². The number of rotatable bonds is 3. The van der Waals surface area contributed by atoms with Crippen LogP contribution >= 0.6 is 0 Å². The lowest BCUT2D eigenvalue weighted by molar-refractivity contribution is -0.558. The highest BCUT2D eigenvalue weighted by molar-refractivity contribution is 6.15. The number of aryl methyl sites for hydroxylation is 1. The highest BCUT2D eigenvalue weighted by atomic mass is 15.1. The number of fused-ring (bicyclic) bond motifs is 4. The molecule has 0 aliphatic heterocycles. The minimum absolute atomic E-state index is 0.263. The molecule has 0 spiro atoms. The van der Waals surface area contributed by atoms with Gasteiger partial charge in [-0.15, -0.1) is 0 Å². The predicted octanol–water partition coefficient (Wildman–Crippen LogP) is 8.74. The van der Waals surface area contributed by atoms with Gasteiger partial charge < -0.3 is 0 Å². The quantitative estimate of drug-likeness (QED) is 0.229. The van der Waals surface area contributed by atoms with Gasteiger partial charge in [0, 0.05) is 12.3 Å². The molecule has 4 aliphatic rings. The number of aromatic amines is 1. The van der Waals surface area contributed by atoms with Crippen LogP contribution in [0.25, 0.3) is 55.3 Å². The summed E-state index contributed by atoms with van der Waals surface area (Å²) in [4.78, 5) is 3.63. The Bertz CT molecular complexity index is 2130. The second-order valence-electron chi connectivity index (χ2n) is 11.1. The first-order valence-corrected chi connectivity index (χ1v) is 14.2. The average Bonchev–Trinajstić information content (AvgIpc) is 3.54. The van der Waals surface area contributed by atoms with Crippen LogP contribution in [0.5, 0.6) is 0 Å². The monoisotopic (exact) mass is 511 g/mol. The highest BCUT2D eigenvalue weighted by Crippen LogP contribution is 2.49. The summed E-state index contributed by atoms with van der Waals surface area (Å²) in [5.41, 5.74) is 15.7. The number of aromatic nitrogens is 2. The summed E-state index contributed by atoms with van der Waals surface area (Å²) >= 11 is 0. The topological polar surface area (TPSA) is 19.7 Å². The Morgan fingerprint density at radius 2 is 1.60 bits per heavy atom. The van der Waals surface area contributed by atoms with E-state index in [4.69, 9.17) is 0 Å². The number of hydrogen-bond donors (Lipinski definition) is 1. The van der Waals surface area contributed by atoms with Crippen molar-refractivity contribution in [2.75, 3.05) is 0 Å². The van der Waals surface area contributed by atoms with Crippen molar-refractivity contribution in [1.29, 1.82) is 0 Å². The summed E-state index contributed by atoms with van der Waals surface area (Å²) in [6, 6.07) is 29.0. The van der Waals surface area contributed by atoms with E-state index < -0.39 is 0 Å². The molecule has 9 rings (SSSR count). The zero-order chi connectivity index (χ0) is 26.4. The molecule has 5 aromatic rings. The standard InChI is InChI=1S/C38H26N2/c1-2-36-39-34-14-3-4-15-35(34)40(36)27-20-25-10-7-11-30-28(18-17-26(21-27)37(25)30)24-16-19-29-31-12-5-8-23-9-6-13-32(38(23)31)33(29)22-24/h3-22,37H,2H2,1H3/p+1. The molecule has 0 amide bonds. The average molecular weight is 512 g/mol. The summed E-state index contributed by atoms with van der Waals surface area (Å²) in [5, 5.41) is 2.70. The molecule has 1 aromatic heterocycles. The Hall–Kier alpha value is -4.95. The number of hydrogen-bond acceptors (Lipinski definition) is 0. The maximum atomic E-state index is 3.63. The summed E-state index contributed by atoms with van der Waals surface area (Å²) in [6.07, 6.45) is 17.2. The zero-order valence-electron chi connectivity index (χ0n) is 22.3. The minimum atomic E-state index is 0.263. The SMILES string of the molecule is CCc1[nH]c2ccccc2[n+]1C1=CC2=CC=CC3=C(c4ccc5c(c4)-c4cccc6cccc-5c46)C=CC(=C1)C23. The van der Waals surface area contributed by atoms with Crippen molar-refractivity contribution in [2.24, 2.45) is 5.92 Å². The Balaban J connectivity index is 1.17. The number of benzene rings is 4. The molecule has 2 heteroatoms. The van der Waals surface area contributed by atoms with Gasteiger partial charge in [-0.2, -0.15) is 4.57 Å². The number of H-pyrrole nitrogens is 1. The van der Waals surface area contributed by atoms with Crippen LogP contribution in [-0.4, -0.2) is 4.98 Å². The van der Waals surface area contributed by atoms with Crippen molar-refractivity contribution in [2.45, 2.75) is 13.3 Å². The summed E-state index contributed by atoms with van der Waals surface area (Å²) in [6.45, 7) is 2.21. The molecule has 0 bridgehead atoms. The van der Waals surface area contributed by atoms with Gasteiger partial charge >= 0.3 is 0 Å². The third-order valence-corrected chi connectivity index (χ3v) is 9.03. The number of nitrogens with one attached hydrogen (secondary N) is 1. The normalized spacial score (nSPS) is 18.1. The van der Waals surface area contributed by atoms with E-state index in [0.29, 0.717) is 0 Å². The Morgan fingerprint density at radius 1 is 0.750 bits per heavy atom. The molecule has 0 radical (unpaired) electrons. The van der Waals surface area contributed by atoms with Crippen LogP contribution in [0.15, 0.2) is 138 Å². The molecule has 0 saturated heterocycles. The van der Waals surface area contributed by atoms with Crippen molar-refractivity contribution in [3.05, 3.63) is 150 Å². The molecule has 1 heterocycles. The van der Waals surface area contributed by atoms with Gasteiger partial charge in [-0.1, -0.05) is 98.0 Å². The smallest absolute Gasteiger partial charge is 0.240 e. The van der Waals surface area contributed by atoms with E-state index in [-0.39, 0.29) is 5.92 Å². The summed E-state index contributed by atoms with van der Waals surface area (Å²) < 4.78 is 2.39. The molecule has 0 fully saturated rings. The molecule has 0 saturated carbocycles. The first-order valence-electron chi connectivity index (χ1n) is 14.2. The van der Waals surface area contributed by atoms with Crippen LogP contribution in [0, 0.1) is 5.92 Å². The summed E-state index contributed by atoms with van der Waals surface area (Å²) in [5.74, 6) is 1.48. The van der Waals surface area contributed by atoms with Gasteiger partial charge in [0.2, 0.25) is 0 Å². The zero-order valence-corrected chi connectivity index (χ0v) is 22.3. The van der Waals surface area contributed by atoms with Crippen molar-refractivity contribution in [1.82, 2.24) is 4.98 Å². The molecule has 188 valence electrons. The van der Waals surface area contributed by atoms with Crippen molar-refractivity contribution < 1.29 is 4.57 Å². The molecule has 4 aromatic carbocycles. The third-order valence-electron chi connectivity index (χ3n) is 9.03. The first kappa shape index (κ1) is 21.9. The number of imidazole rings is 1. The molecule has 1 N–H and O–H groups in total. The van der Waals surface area contributed by atoms with E-state index in [1.54, 1.807) is 0 Å². The lowest BCUT2D eigenvalue weighted by Crippen LogP contribution is -2.36. The Kier molecular flexibility index (Phi) is 4.40. The van der Waals surface area contributed by atoms with Gasteiger partial charge in [-0.3, -0.25) is 0 Å². The van der Waals surface area contributed by atoms with Crippen LogP contribution < -0.4 is 4.57 Å². The lowest BCUT2D eigenvalue weighted by atomic mass is 9.72. The third kappa shape index (κ3) is 2.91. The largest absolute Gasteiger partial charge is 0.260 e. The van der Waals surface area contributed by atoms with Gasteiger partial charge in [-0.05, 0) is 91.2 Å². The first-order chi connectivity index (χ1) is 19.8. The number of nitrogens with zero attached hydrogens (tertiary/aromatic N) is 1. The van der Waals surface area contributed by atoms with E-state index in [2.05, 4.69) is 138 Å². The molecular weight excluding hydrogens is 484 g/mol. The van der Waals surface area contributed by atoms with Crippen LogP contribution in [-0.2, 0) is 6.42 Å². The fraction of sp³-hybridized carbons (Fsp3) is 0.0789. The highest BCUT2D eigenvalue weighted by Gasteiger charge is 2.33. The van der Waals surface area contributed by atoms with Crippen LogP contribution in [0.2, 0.25) is 0 Å². The number of allylic oxidation sites excluding steroid dienone is 12. The molecule has 4 aliphatic carbocycles.